The van der Waals surface area contributed by atoms with Gasteiger partial charge in [-0.15, -0.1) is 0 Å². The second-order valence-electron chi connectivity index (χ2n) is 4.54. The molecule has 0 bridgehead atoms. The van der Waals surface area contributed by atoms with Gasteiger partial charge in [-0.05, 0) is 19.3 Å². The Morgan fingerprint density at radius 3 is 2.42 bits per heavy atom. The van der Waals surface area contributed by atoms with Crippen LogP contribution in [-0.4, -0.2) is 53.6 Å². The third-order valence-corrected chi connectivity index (χ3v) is 3.09. The molecule has 1 fully saturated rings. The van der Waals surface area contributed by atoms with Gasteiger partial charge >= 0.3 is 12.0 Å². The quantitative estimate of drug-likeness (QED) is 0.641. The van der Waals surface area contributed by atoms with E-state index >= 15 is 0 Å². The van der Waals surface area contributed by atoms with E-state index in [9.17, 15) is 14.4 Å². The Balaban J connectivity index is 2.19. The molecule has 1 rings (SSSR count). The van der Waals surface area contributed by atoms with Crippen molar-refractivity contribution >= 4 is 17.9 Å². The highest BCUT2D eigenvalue weighted by Crippen LogP contribution is 2.08. The molecule has 1 saturated heterocycles. The molecule has 3 N–H and O–H groups in total. The summed E-state index contributed by atoms with van der Waals surface area (Å²) in [5.74, 6) is -1.03. The molecule has 0 aromatic heterocycles. The SMILES string of the molecule is CCC(NC(=O)NCCC(=O)N1CCCC1)C(=O)O. The lowest BCUT2D eigenvalue weighted by Crippen LogP contribution is -2.46. The number of nitrogens with zero attached hydrogens (tertiary/aromatic N) is 1. The Morgan fingerprint density at radius 2 is 1.89 bits per heavy atom. The van der Waals surface area contributed by atoms with Crippen LogP contribution in [0.5, 0.6) is 0 Å². The van der Waals surface area contributed by atoms with Gasteiger partial charge in [0.1, 0.15) is 6.04 Å². The largest absolute Gasteiger partial charge is 0.480 e. The molecule has 19 heavy (non-hydrogen) atoms. The number of aliphatic carboxylic acids is 1. The smallest absolute Gasteiger partial charge is 0.326 e. The van der Waals surface area contributed by atoms with Crippen LogP contribution >= 0.6 is 0 Å². The van der Waals surface area contributed by atoms with E-state index in [-0.39, 0.29) is 18.9 Å². The van der Waals surface area contributed by atoms with Crippen molar-refractivity contribution in [1.82, 2.24) is 15.5 Å². The van der Waals surface area contributed by atoms with Gasteiger partial charge in [0.25, 0.3) is 0 Å². The van der Waals surface area contributed by atoms with Crippen molar-refractivity contribution < 1.29 is 19.5 Å². The van der Waals surface area contributed by atoms with Crippen LogP contribution in [0, 0.1) is 0 Å². The summed E-state index contributed by atoms with van der Waals surface area (Å²) in [6.45, 7) is 3.48. The van der Waals surface area contributed by atoms with Gasteiger partial charge < -0.3 is 20.6 Å². The normalized spacial score (nSPS) is 15.9. The molecule has 1 heterocycles. The number of amides is 3. The summed E-state index contributed by atoms with van der Waals surface area (Å²) in [4.78, 5) is 35.6. The molecule has 0 aliphatic carbocycles. The van der Waals surface area contributed by atoms with E-state index in [0.717, 1.165) is 25.9 Å². The highest BCUT2D eigenvalue weighted by atomic mass is 16.4. The number of carbonyl (C=O) groups excluding carboxylic acids is 2. The van der Waals surface area contributed by atoms with E-state index in [1.54, 1.807) is 11.8 Å². The van der Waals surface area contributed by atoms with E-state index in [2.05, 4.69) is 10.6 Å². The van der Waals surface area contributed by atoms with Gasteiger partial charge in [-0.2, -0.15) is 0 Å². The molecule has 1 unspecified atom stereocenters. The summed E-state index contributed by atoms with van der Waals surface area (Å²) >= 11 is 0. The van der Waals surface area contributed by atoms with E-state index in [1.165, 1.54) is 0 Å². The minimum Gasteiger partial charge on any atom is -0.480 e. The Kier molecular flexibility index (Phi) is 6.11. The lowest BCUT2D eigenvalue weighted by molar-refractivity contribution is -0.139. The van der Waals surface area contributed by atoms with E-state index in [4.69, 9.17) is 5.11 Å². The summed E-state index contributed by atoms with van der Waals surface area (Å²) in [5, 5.41) is 13.6. The van der Waals surface area contributed by atoms with Gasteiger partial charge in [0, 0.05) is 26.1 Å². The zero-order chi connectivity index (χ0) is 14.3. The third kappa shape index (κ3) is 5.15. The molecule has 0 radical (unpaired) electrons. The van der Waals surface area contributed by atoms with Crippen LogP contribution in [0.3, 0.4) is 0 Å². The van der Waals surface area contributed by atoms with Crippen molar-refractivity contribution in [2.24, 2.45) is 0 Å². The predicted molar refractivity (Wildman–Crippen MR) is 68.7 cm³/mol. The molecule has 3 amide bonds. The number of carbonyl (C=O) groups is 3. The molecule has 0 aromatic carbocycles. The van der Waals surface area contributed by atoms with Gasteiger partial charge in [-0.25, -0.2) is 9.59 Å². The molecule has 7 nitrogen and oxygen atoms in total. The zero-order valence-corrected chi connectivity index (χ0v) is 11.1. The lowest BCUT2D eigenvalue weighted by atomic mass is 10.2. The highest BCUT2D eigenvalue weighted by Gasteiger charge is 2.19. The monoisotopic (exact) mass is 271 g/mol. The fourth-order valence-electron chi connectivity index (χ4n) is 1.96. The zero-order valence-electron chi connectivity index (χ0n) is 11.1. The summed E-state index contributed by atoms with van der Waals surface area (Å²) in [6.07, 6.45) is 2.64. The topological polar surface area (TPSA) is 98.7 Å². The first-order valence-electron chi connectivity index (χ1n) is 6.59. The first-order chi connectivity index (χ1) is 9.04. The fraction of sp³-hybridized carbons (Fsp3) is 0.750. The number of hydrogen-bond acceptors (Lipinski definition) is 3. The number of nitrogens with one attached hydrogen (secondary N) is 2. The number of urea groups is 1. The summed E-state index contributed by atoms with van der Waals surface area (Å²) in [5.41, 5.74) is 0. The van der Waals surface area contributed by atoms with Gasteiger partial charge in [0.2, 0.25) is 5.91 Å². The van der Waals surface area contributed by atoms with Crippen LogP contribution in [0.25, 0.3) is 0 Å². The first-order valence-corrected chi connectivity index (χ1v) is 6.59. The van der Waals surface area contributed by atoms with Gasteiger partial charge in [0.05, 0.1) is 0 Å². The molecule has 0 saturated carbocycles. The molecule has 0 spiro atoms. The Labute approximate surface area is 112 Å². The summed E-state index contributed by atoms with van der Waals surface area (Å²) in [7, 11) is 0. The highest BCUT2D eigenvalue weighted by molar-refractivity contribution is 5.83. The number of carboxylic acid groups (broad SMARTS) is 1. The minimum absolute atomic E-state index is 0.0306. The van der Waals surface area contributed by atoms with Crippen LogP contribution in [0.4, 0.5) is 4.79 Å². The molecule has 108 valence electrons. The molecular weight excluding hydrogens is 250 g/mol. The second kappa shape index (κ2) is 7.60. The van der Waals surface area contributed by atoms with Gasteiger partial charge in [-0.1, -0.05) is 6.92 Å². The molecule has 1 aliphatic rings. The molecule has 1 aliphatic heterocycles. The lowest BCUT2D eigenvalue weighted by Gasteiger charge is -2.16. The van der Waals surface area contributed by atoms with Gasteiger partial charge in [-0.3, -0.25) is 4.79 Å². The van der Waals surface area contributed by atoms with Crippen LogP contribution in [0.15, 0.2) is 0 Å². The van der Waals surface area contributed by atoms with Gasteiger partial charge in [0.15, 0.2) is 0 Å². The Morgan fingerprint density at radius 1 is 1.26 bits per heavy atom. The predicted octanol–water partition coefficient (Wildman–Crippen LogP) is 0.161. The Hall–Kier alpha value is -1.79. The van der Waals surface area contributed by atoms with Crippen molar-refractivity contribution in [3.63, 3.8) is 0 Å². The number of rotatable bonds is 6. The van der Waals surface area contributed by atoms with Crippen molar-refractivity contribution in [2.45, 2.75) is 38.6 Å². The Bertz CT molecular complexity index is 340. The average Bonchev–Trinajstić information content (AvgIpc) is 2.89. The van der Waals surface area contributed by atoms with Crippen molar-refractivity contribution in [2.75, 3.05) is 19.6 Å². The maximum Gasteiger partial charge on any atom is 0.326 e. The van der Waals surface area contributed by atoms with Crippen LogP contribution in [0.2, 0.25) is 0 Å². The fourth-order valence-corrected chi connectivity index (χ4v) is 1.96. The number of likely N-dealkylation sites (tertiary alicyclic amines) is 1. The van der Waals surface area contributed by atoms with E-state index in [0.29, 0.717) is 6.42 Å². The van der Waals surface area contributed by atoms with E-state index < -0.39 is 18.0 Å². The van der Waals surface area contributed by atoms with E-state index in [1.807, 2.05) is 0 Å². The molecule has 7 heteroatoms. The van der Waals surface area contributed by atoms with Crippen molar-refractivity contribution in [3.8, 4) is 0 Å². The molecule has 0 aromatic rings. The third-order valence-electron chi connectivity index (χ3n) is 3.09. The van der Waals surface area contributed by atoms with Crippen LogP contribution < -0.4 is 10.6 Å². The van der Waals surface area contributed by atoms with Crippen LogP contribution in [-0.2, 0) is 9.59 Å². The average molecular weight is 271 g/mol. The standard InChI is InChI=1S/C12H21N3O4/c1-2-9(11(17)18)14-12(19)13-6-5-10(16)15-7-3-4-8-15/h9H,2-8H2,1H3,(H,17,18)(H2,13,14,19). The molecular formula is C12H21N3O4. The van der Waals surface area contributed by atoms with Crippen molar-refractivity contribution in [3.05, 3.63) is 0 Å². The maximum absolute atomic E-state index is 11.7. The maximum atomic E-state index is 11.7. The first kappa shape index (κ1) is 15.3. The number of carboxylic acids is 1. The van der Waals surface area contributed by atoms with Crippen LogP contribution in [0.1, 0.15) is 32.6 Å². The summed E-state index contributed by atoms with van der Waals surface area (Å²) < 4.78 is 0. The minimum atomic E-state index is -1.06. The summed E-state index contributed by atoms with van der Waals surface area (Å²) in [6, 6.07) is -1.45. The van der Waals surface area contributed by atoms with Crippen molar-refractivity contribution in [1.29, 1.82) is 0 Å². The second-order valence-corrected chi connectivity index (χ2v) is 4.54. The molecule has 1 atom stereocenters. The number of hydrogen-bond donors (Lipinski definition) is 3.